The van der Waals surface area contributed by atoms with Crippen LogP contribution in [0, 0.1) is 0 Å². The summed E-state index contributed by atoms with van der Waals surface area (Å²) in [5.74, 6) is -0.780. The number of hydrogen-bond acceptors (Lipinski definition) is 5. The Balaban J connectivity index is 2.05. The summed E-state index contributed by atoms with van der Waals surface area (Å²) in [7, 11) is 0. The van der Waals surface area contributed by atoms with Gasteiger partial charge in [-0.2, -0.15) is 0 Å². The first-order valence-electron chi connectivity index (χ1n) is 7.03. The summed E-state index contributed by atoms with van der Waals surface area (Å²) in [5.41, 5.74) is 5.63. The van der Waals surface area contributed by atoms with E-state index in [1.807, 2.05) is 4.90 Å². The highest BCUT2D eigenvalue weighted by Crippen LogP contribution is 2.16. The summed E-state index contributed by atoms with van der Waals surface area (Å²) < 4.78 is 0. The molecule has 2 rings (SSSR count). The van der Waals surface area contributed by atoms with E-state index in [0.29, 0.717) is 5.82 Å². The number of carbonyl (C=O) groups excluding carboxylic acids is 1. The van der Waals surface area contributed by atoms with Crippen LogP contribution in [0.2, 0.25) is 0 Å². The third-order valence-corrected chi connectivity index (χ3v) is 3.57. The topological polar surface area (TPSA) is 109 Å². The van der Waals surface area contributed by atoms with Crippen molar-refractivity contribution in [3.8, 4) is 0 Å². The summed E-state index contributed by atoms with van der Waals surface area (Å²) in [6, 6.07) is 0.887. The monoisotopic (exact) mass is 292 g/mol. The standard InChI is InChI=1S/C14H20N4O3/c1-9(13(19)18-5-3-2-4-6-18)17-12-7-10(14(20)21)11(15)8-16-12/h7-9H,2-6,15H2,1H3,(H,16,17)(H,20,21). The van der Waals surface area contributed by atoms with Crippen LogP contribution in [0.3, 0.4) is 0 Å². The minimum absolute atomic E-state index is 0.00481. The third-order valence-electron chi connectivity index (χ3n) is 3.57. The quantitative estimate of drug-likeness (QED) is 0.769. The van der Waals surface area contributed by atoms with Gasteiger partial charge in [0.05, 0.1) is 17.4 Å². The lowest BCUT2D eigenvalue weighted by Gasteiger charge is -2.29. The molecule has 1 amide bonds. The van der Waals surface area contributed by atoms with Gasteiger partial charge in [-0.3, -0.25) is 4.79 Å². The zero-order valence-electron chi connectivity index (χ0n) is 12.0. The van der Waals surface area contributed by atoms with Crippen molar-refractivity contribution in [1.29, 1.82) is 0 Å². The van der Waals surface area contributed by atoms with Crippen molar-refractivity contribution in [2.45, 2.75) is 32.2 Å². The largest absolute Gasteiger partial charge is 0.478 e. The van der Waals surface area contributed by atoms with Gasteiger partial charge in [-0.1, -0.05) is 0 Å². The van der Waals surface area contributed by atoms with E-state index in [1.165, 1.54) is 12.3 Å². The van der Waals surface area contributed by atoms with Crippen molar-refractivity contribution >= 4 is 23.4 Å². The van der Waals surface area contributed by atoms with E-state index in [9.17, 15) is 9.59 Å². The van der Waals surface area contributed by atoms with E-state index < -0.39 is 12.0 Å². The Morgan fingerprint density at radius 3 is 2.67 bits per heavy atom. The maximum atomic E-state index is 12.3. The van der Waals surface area contributed by atoms with Crippen LogP contribution in [0.1, 0.15) is 36.5 Å². The molecule has 1 aliphatic rings. The number of hydrogen-bond donors (Lipinski definition) is 3. The van der Waals surface area contributed by atoms with Crippen molar-refractivity contribution in [1.82, 2.24) is 9.88 Å². The summed E-state index contributed by atoms with van der Waals surface area (Å²) in [4.78, 5) is 29.2. The molecule has 114 valence electrons. The number of nitrogens with one attached hydrogen (secondary N) is 1. The van der Waals surface area contributed by atoms with Gasteiger partial charge in [0.2, 0.25) is 5.91 Å². The number of aromatic nitrogens is 1. The Morgan fingerprint density at radius 2 is 2.05 bits per heavy atom. The highest BCUT2D eigenvalue weighted by Gasteiger charge is 2.22. The average molecular weight is 292 g/mol. The van der Waals surface area contributed by atoms with Crippen molar-refractivity contribution in [2.75, 3.05) is 24.1 Å². The Labute approximate surface area is 123 Å². The predicted octanol–water partition coefficient (Wildman–Crippen LogP) is 1.17. The molecule has 0 radical (unpaired) electrons. The fourth-order valence-electron chi connectivity index (χ4n) is 2.40. The van der Waals surface area contributed by atoms with Crippen LogP contribution in [-0.2, 0) is 4.79 Å². The Kier molecular flexibility index (Phi) is 4.62. The Morgan fingerprint density at radius 1 is 1.38 bits per heavy atom. The predicted molar refractivity (Wildman–Crippen MR) is 79.1 cm³/mol. The van der Waals surface area contributed by atoms with Gasteiger partial charge < -0.3 is 21.1 Å². The molecule has 1 aliphatic heterocycles. The highest BCUT2D eigenvalue weighted by molar-refractivity contribution is 5.94. The maximum absolute atomic E-state index is 12.3. The smallest absolute Gasteiger partial charge is 0.337 e. The first kappa shape index (κ1) is 15.1. The first-order valence-corrected chi connectivity index (χ1v) is 7.03. The fourth-order valence-corrected chi connectivity index (χ4v) is 2.40. The van der Waals surface area contributed by atoms with Crippen LogP contribution in [-0.4, -0.2) is 46.0 Å². The number of nitrogens with two attached hydrogens (primary N) is 1. The molecular weight excluding hydrogens is 272 g/mol. The van der Waals surface area contributed by atoms with Gasteiger partial charge in [-0.15, -0.1) is 0 Å². The maximum Gasteiger partial charge on any atom is 0.337 e. The van der Waals surface area contributed by atoms with Gasteiger partial charge in [-0.25, -0.2) is 9.78 Å². The van der Waals surface area contributed by atoms with E-state index in [4.69, 9.17) is 10.8 Å². The zero-order chi connectivity index (χ0) is 15.4. The number of nitrogens with zero attached hydrogens (tertiary/aromatic N) is 2. The second-order valence-electron chi connectivity index (χ2n) is 5.21. The van der Waals surface area contributed by atoms with Gasteiger partial charge in [0.15, 0.2) is 0 Å². The number of carboxylic acids is 1. The number of amides is 1. The number of carbonyl (C=O) groups is 2. The molecule has 1 saturated heterocycles. The molecule has 0 saturated carbocycles. The molecule has 0 aromatic carbocycles. The van der Waals surface area contributed by atoms with Crippen LogP contribution in [0.5, 0.6) is 0 Å². The highest BCUT2D eigenvalue weighted by atomic mass is 16.4. The van der Waals surface area contributed by atoms with Crippen molar-refractivity contribution in [3.63, 3.8) is 0 Å². The van der Waals surface area contributed by atoms with Crippen molar-refractivity contribution < 1.29 is 14.7 Å². The molecule has 0 aliphatic carbocycles. The van der Waals surface area contributed by atoms with Gasteiger partial charge in [0.25, 0.3) is 0 Å². The van der Waals surface area contributed by atoms with Crippen LogP contribution < -0.4 is 11.1 Å². The molecule has 1 fully saturated rings. The van der Waals surface area contributed by atoms with Crippen molar-refractivity contribution in [2.24, 2.45) is 0 Å². The third kappa shape index (κ3) is 3.62. The molecule has 0 bridgehead atoms. The molecule has 2 heterocycles. The normalized spacial score (nSPS) is 16.3. The summed E-state index contributed by atoms with van der Waals surface area (Å²) in [6.07, 6.45) is 4.50. The van der Waals surface area contributed by atoms with Crippen molar-refractivity contribution in [3.05, 3.63) is 17.8 Å². The van der Waals surface area contributed by atoms with E-state index in [-0.39, 0.29) is 17.2 Å². The fraction of sp³-hybridized carbons (Fsp3) is 0.500. The number of aromatic carboxylic acids is 1. The molecule has 1 unspecified atom stereocenters. The molecular formula is C14H20N4O3. The Hall–Kier alpha value is -2.31. The number of carboxylic acid groups (broad SMARTS) is 1. The lowest BCUT2D eigenvalue weighted by Crippen LogP contribution is -2.44. The molecule has 7 heteroatoms. The number of nitrogen functional groups attached to an aromatic ring is 1. The van der Waals surface area contributed by atoms with Crippen LogP contribution >= 0.6 is 0 Å². The second kappa shape index (κ2) is 6.43. The minimum atomic E-state index is -1.12. The van der Waals surface area contributed by atoms with Gasteiger partial charge in [-0.05, 0) is 32.3 Å². The molecule has 1 aromatic rings. The van der Waals surface area contributed by atoms with Crippen LogP contribution in [0.15, 0.2) is 12.3 Å². The van der Waals surface area contributed by atoms with E-state index >= 15 is 0 Å². The SMILES string of the molecule is CC(Nc1cc(C(=O)O)c(N)cn1)C(=O)N1CCCCC1. The average Bonchev–Trinajstić information content (AvgIpc) is 2.49. The first-order chi connectivity index (χ1) is 9.99. The lowest BCUT2D eigenvalue weighted by atomic mass is 10.1. The number of anilines is 2. The van der Waals surface area contributed by atoms with E-state index in [1.54, 1.807) is 6.92 Å². The minimum Gasteiger partial charge on any atom is -0.478 e. The molecule has 4 N–H and O–H groups in total. The molecule has 1 aromatic heterocycles. The zero-order valence-corrected chi connectivity index (χ0v) is 12.0. The molecule has 0 spiro atoms. The van der Waals surface area contributed by atoms with E-state index in [0.717, 1.165) is 32.4 Å². The number of pyridine rings is 1. The van der Waals surface area contributed by atoms with E-state index in [2.05, 4.69) is 10.3 Å². The Bertz CT molecular complexity index is 541. The van der Waals surface area contributed by atoms with Gasteiger partial charge in [0.1, 0.15) is 11.9 Å². The summed E-state index contributed by atoms with van der Waals surface area (Å²) >= 11 is 0. The summed E-state index contributed by atoms with van der Waals surface area (Å²) in [6.45, 7) is 3.30. The summed E-state index contributed by atoms with van der Waals surface area (Å²) in [5, 5.41) is 12.0. The van der Waals surface area contributed by atoms with Gasteiger partial charge in [0, 0.05) is 13.1 Å². The molecule has 21 heavy (non-hydrogen) atoms. The van der Waals surface area contributed by atoms with Crippen LogP contribution in [0.25, 0.3) is 0 Å². The molecule has 1 atom stereocenters. The van der Waals surface area contributed by atoms with Gasteiger partial charge >= 0.3 is 5.97 Å². The number of likely N-dealkylation sites (tertiary alicyclic amines) is 1. The number of piperidine rings is 1. The van der Waals surface area contributed by atoms with Crippen LogP contribution in [0.4, 0.5) is 11.5 Å². The second-order valence-corrected chi connectivity index (χ2v) is 5.21. The molecule has 7 nitrogen and oxygen atoms in total. The number of rotatable bonds is 4. The lowest BCUT2D eigenvalue weighted by molar-refractivity contribution is -0.132.